The van der Waals surface area contributed by atoms with Gasteiger partial charge >= 0.3 is 12.7 Å². The molecule has 160 valence electrons. The first kappa shape index (κ1) is 26.8. The van der Waals surface area contributed by atoms with Crippen LogP contribution in [0.2, 0.25) is 20.1 Å². The highest BCUT2D eigenvalue weighted by Crippen LogP contribution is 2.50. The van der Waals surface area contributed by atoms with E-state index >= 15 is 0 Å². The lowest BCUT2D eigenvalue weighted by Gasteiger charge is -2.19. The number of rotatable bonds is 7. The number of ether oxygens (including phenoxy) is 1. The maximum atomic E-state index is 10.2. The van der Waals surface area contributed by atoms with Gasteiger partial charge in [0.1, 0.15) is 11.5 Å². The molecular formula is C16H14BrCl4O6PS. The van der Waals surface area contributed by atoms with E-state index in [0.717, 1.165) is 0 Å². The van der Waals surface area contributed by atoms with Gasteiger partial charge in [0.25, 0.3) is 0 Å². The van der Waals surface area contributed by atoms with E-state index in [0.29, 0.717) is 36.1 Å². The Hall–Kier alpha value is -0.280. The highest BCUT2D eigenvalue weighted by molar-refractivity contribution is 9.10. The van der Waals surface area contributed by atoms with Crippen LogP contribution >= 0.6 is 69.1 Å². The van der Waals surface area contributed by atoms with Crippen molar-refractivity contribution in [3.05, 3.63) is 54.9 Å². The Morgan fingerprint density at radius 3 is 2.14 bits per heavy atom. The molecule has 0 atom stereocenters. The second kappa shape index (κ2) is 12.5. The molecular weight excluding hydrogens is 573 g/mol. The van der Waals surface area contributed by atoms with Crippen LogP contribution in [0, 0.1) is 0 Å². The van der Waals surface area contributed by atoms with Crippen molar-refractivity contribution in [1.82, 2.24) is 0 Å². The largest absolute Gasteiger partial charge is 0.480 e. The highest BCUT2D eigenvalue weighted by Gasteiger charge is 2.20. The second-order valence-electron chi connectivity index (χ2n) is 4.86. The van der Waals surface area contributed by atoms with E-state index in [-0.39, 0.29) is 0 Å². The fourth-order valence-electron chi connectivity index (χ4n) is 1.58. The molecule has 0 heterocycles. The number of aliphatic carboxylic acids is 1. The molecule has 0 fully saturated rings. The Kier molecular flexibility index (Phi) is 11.6. The molecule has 0 unspecified atom stereocenters. The van der Waals surface area contributed by atoms with Crippen LogP contribution in [0.25, 0.3) is 0 Å². The molecule has 0 aliphatic heterocycles. The summed E-state index contributed by atoms with van der Waals surface area (Å²) in [6.07, 6.45) is 0. The molecule has 0 aliphatic carbocycles. The minimum absolute atomic E-state index is 0.300. The van der Waals surface area contributed by atoms with Gasteiger partial charge in [0.2, 0.25) is 0 Å². The first-order chi connectivity index (χ1) is 13.5. The fourth-order valence-corrected chi connectivity index (χ4v) is 3.85. The Bertz CT molecular complexity index is 909. The van der Waals surface area contributed by atoms with E-state index in [4.69, 9.17) is 81.6 Å². The number of carboxylic acids is 1. The molecule has 2 aromatic carbocycles. The van der Waals surface area contributed by atoms with Gasteiger partial charge in [-0.25, -0.2) is 4.79 Å². The van der Waals surface area contributed by atoms with Crippen molar-refractivity contribution in [1.29, 1.82) is 0 Å². The summed E-state index contributed by atoms with van der Waals surface area (Å²) in [6, 6.07) is 7.75. The van der Waals surface area contributed by atoms with Gasteiger partial charge in [-0.05, 0) is 40.2 Å². The van der Waals surface area contributed by atoms with Gasteiger partial charge in [0.15, 0.2) is 6.61 Å². The Balaban J connectivity index is 0.000000296. The zero-order chi connectivity index (χ0) is 22.2. The normalized spacial score (nSPS) is 10.7. The van der Waals surface area contributed by atoms with Crippen molar-refractivity contribution >= 4 is 86.8 Å². The Labute approximate surface area is 201 Å². The van der Waals surface area contributed by atoms with Crippen molar-refractivity contribution < 1.29 is 28.2 Å². The average Bonchev–Trinajstić information content (AvgIpc) is 2.65. The number of hydrogen-bond acceptors (Lipinski definition) is 6. The fraction of sp³-hybridized carbons (Fsp3) is 0.188. The lowest BCUT2D eigenvalue weighted by molar-refractivity contribution is -0.139. The molecule has 0 bridgehead atoms. The zero-order valence-electron chi connectivity index (χ0n) is 14.8. The molecule has 0 saturated carbocycles. The van der Waals surface area contributed by atoms with Crippen molar-refractivity contribution in [2.45, 2.75) is 0 Å². The summed E-state index contributed by atoms with van der Waals surface area (Å²) in [4.78, 5) is 10.2. The number of carbonyl (C=O) groups is 1. The average molecular weight is 587 g/mol. The molecule has 0 aromatic heterocycles. The molecule has 13 heteroatoms. The molecule has 0 saturated heterocycles. The van der Waals surface area contributed by atoms with Gasteiger partial charge in [-0.15, -0.1) is 0 Å². The standard InChI is InChI=1S/C8H8BrCl2O3PS.C8H6Cl2O3/c1-12-15(16,13-2)14-8-4-6(10)5(9)3-7(8)11;9-5-1-2-7(6(10)3-5)13-4-8(11)12/h3-4H,1-2H3;1-3H,4H2,(H,11,12). The summed E-state index contributed by atoms with van der Waals surface area (Å²) in [6.45, 7) is -3.21. The monoisotopic (exact) mass is 584 g/mol. The third-order valence-electron chi connectivity index (χ3n) is 2.88. The van der Waals surface area contributed by atoms with Crippen molar-refractivity contribution in [2.24, 2.45) is 0 Å². The topological polar surface area (TPSA) is 74.2 Å². The van der Waals surface area contributed by atoms with E-state index in [2.05, 4.69) is 15.9 Å². The third-order valence-corrected chi connectivity index (χ3v) is 7.33. The predicted octanol–water partition coefficient (Wildman–Crippen LogP) is 7.11. The van der Waals surface area contributed by atoms with Gasteiger partial charge in [-0.2, -0.15) is 0 Å². The van der Waals surface area contributed by atoms with Gasteiger partial charge in [0.05, 0.1) is 15.1 Å². The molecule has 6 nitrogen and oxygen atoms in total. The predicted molar refractivity (Wildman–Crippen MR) is 123 cm³/mol. The minimum Gasteiger partial charge on any atom is -0.480 e. The Morgan fingerprint density at radius 2 is 1.62 bits per heavy atom. The zero-order valence-corrected chi connectivity index (χ0v) is 21.1. The van der Waals surface area contributed by atoms with Gasteiger partial charge in [0, 0.05) is 41.6 Å². The van der Waals surface area contributed by atoms with E-state index in [1.165, 1.54) is 26.4 Å². The molecule has 2 aromatic rings. The molecule has 29 heavy (non-hydrogen) atoms. The lowest BCUT2D eigenvalue weighted by atomic mass is 10.3. The van der Waals surface area contributed by atoms with Crippen LogP contribution in [0.1, 0.15) is 0 Å². The van der Waals surface area contributed by atoms with Crippen molar-refractivity contribution in [2.75, 3.05) is 20.8 Å². The summed E-state index contributed by atoms with van der Waals surface area (Å²) in [7, 11) is 2.83. The maximum absolute atomic E-state index is 10.2. The van der Waals surface area contributed by atoms with E-state index < -0.39 is 19.3 Å². The van der Waals surface area contributed by atoms with Crippen molar-refractivity contribution in [3.8, 4) is 11.5 Å². The van der Waals surface area contributed by atoms with Crippen molar-refractivity contribution in [3.63, 3.8) is 0 Å². The molecule has 0 aliphatic rings. The van der Waals surface area contributed by atoms with Gasteiger partial charge in [-0.1, -0.05) is 46.4 Å². The summed E-state index contributed by atoms with van der Waals surface area (Å²) < 4.78 is 20.9. The quantitative estimate of drug-likeness (QED) is 0.274. The van der Waals surface area contributed by atoms with Crippen LogP contribution in [-0.2, 0) is 25.6 Å². The molecule has 0 radical (unpaired) electrons. The number of hydrogen-bond donors (Lipinski definition) is 1. The van der Waals surface area contributed by atoms with E-state index in [1.54, 1.807) is 18.2 Å². The smallest absolute Gasteiger partial charge is 0.380 e. The molecule has 1 N–H and O–H groups in total. The molecule has 0 spiro atoms. The van der Waals surface area contributed by atoms with Crippen LogP contribution < -0.4 is 9.26 Å². The Morgan fingerprint density at radius 1 is 1.03 bits per heavy atom. The lowest BCUT2D eigenvalue weighted by Crippen LogP contribution is -2.09. The highest BCUT2D eigenvalue weighted by atomic mass is 79.9. The van der Waals surface area contributed by atoms with Crippen LogP contribution in [0.3, 0.4) is 0 Å². The van der Waals surface area contributed by atoms with Gasteiger partial charge in [-0.3, -0.25) is 0 Å². The number of carboxylic acid groups (broad SMARTS) is 1. The molecule has 0 amide bonds. The maximum Gasteiger partial charge on any atom is 0.380 e. The van der Waals surface area contributed by atoms with Crippen LogP contribution in [0.4, 0.5) is 0 Å². The van der Waals surface area contributed by atoms with E-state index in [1.807, 2.05) is 0 Å². The summed E-state index contributed by atoms with van der Waals surface area (Å²) >= 11 is 31.5. The van der Waals surface area contributed by atoms with E-state index in [9.17, 15) is 4.79 Å². The summed E-state index contributed by atoms with van der Waals surface area (Å²) in [5, 5.41) is 9.95. The van der Waals surface area contributed by atoms with Crippen LogP contribution in [-0.4, -0.2) is 31.9 Å². The summed E-state index contributed by atoms with van der Waals surface area (Å²) in [5.74, 6) is -0.401. The third kappa shape index (κ3) is 9.17. The van der Waals surface area contributed by atoms with Gasteiger partial charge < -0.3 is 23.4 Å². The SMILES string of the molecule is COP(=S)(OC)Oc1cc(Cl)c(Br)cc1Cl.O=C(O)COc1ccc(Cl)cc1Cl. The first-order valence-electron chi connectivity index (χ1n) is 7.36. The van der Waals surface area contributed by atoms with Crippen LogP contribution in [0.5, 0.6) is 11.5 Å². The summed E-state index contributed by atoms with van der Waals surface area (Å²) in [5.41, 5.74) is 0. The van der Waals surface area contributed by atoms with Crippen LogP contribution in [0.15, 0.2) is 34.8 Å². The molecule has 2 rings (SSSR count). The minimum atomic E-state index is -2.79. The number of benzene rings is 2. The second-order valence-corrected chi connectivity index (χ2v) is 10.5. The number of halogens is 5. The first-order valence-corrected chi connectivity index (χ1v) is 12.2.